The number of carbonyl (C=O) groups is 1. The zero-order chi connectivity index (χ0) is 7.28. The van der Waals surface area contributed by atoms with Crippen LogP contribution in [0.1, 0.15) is 0 Å². The molecule has 0 aliphatic heterocycles. The lowest BCUT2D eigenvalue weighted by atomic mass is 10.8. The molecule has 9 heavy (non-hydrogen) atoms. The zero-order valence-electron chi connectivity index (χ0n) is 4.18. The highest BCUT2D eigenvalue weighted by atomic mass is 33.1. The van der Waals surface area contributed by atoms with Gasteiger partial charge < -0.3 is 5.11 Å². The van der Waals surface area contributed by atoms with E-state index in [0.717, 1.165) is 0 Å². The molecule has 0 spiro atoms. The molecule has 0 aromatic carbocycles. The van der Waals surface area contributed by atoms with Crippen molar-refractivity contribution in [3.63, 3.8) is 0 Å². The topological polar surface area (TPSA) is 74.6 Å². The van der Waals surface area contributed by atoms with E-state index >= 15 is 0 Å². The molecule has 2 N–H and O–H groups in total. The van der Waals surface area contributed by atoms with Crippen LogP contribution >= 0.6 is 29.2 Å². The molecule has 0 rings (SSSR count). The number of hydrogen-bond donors (Lipinski definition) is 2. The summed E-state index contributed by atoms with van der Waals surface area (Å²) in [7, 11) is 0. The highest BCUT2D eigenvalue weighted by Gasteiger charge is 2.20. The highest BCUT2D eigenvalue weighted by Crippen LogP contribution is 2.47. The van der Waals surface area contributed by atoms with E-state index in [1.54, 1.807) is 0 Å². The molecule has 0 saturated heterocycles. The molecule has 0 bridgehead atoms. The van der Waals surface area contributed by atoms with Crippen molar-refractivity contribution >= 4 is 35.2 Å². The van der Waals surface area contributed by atoms with E-state index < -0.39 is 12.2 Å². The van der Waals surface area contributed by atoms with Crippen LogP contribution in [0, 0.1) is 0 Å². The molecule has 0 aliphatic carbocycles. The van der Waals surface area contributed by atoms with Crippen LogP contribution < -0.4 is 0 Å². The standard InChI is InChI=1S/C2H3O4PS2/c3-2(4)1-8-7(5)9-6/h1H2,(H-,3,4,6)/p+1. The second kappa shape index (κ2) is 5.05. The lowest BCUT2D eigenvalue weighted by Gasteiger charge is -1.77. The summed E-state index contributed by atoms with van der Waals surface area (Å²) >= 11 is 0.883. The van der Waals surface area contributed by atoms with E-state index in [4.69, 9.17) is 9.66 Å². The summed E-state index contributed by atoms with van der Waals surface area (Å²) in [5.41, 5.74) is 0. The quantitative estimate of drug-likeness (QED) is 0.515. The monoisotopic (exact) mass is 187 g/mol. The molecule has 4 nitrogen and oxygen atoms in total. The van der Waals surface area contributed by atoms with Gasteiger partial charge in [-0.15, -0.1) is 0 Å². The van der Waals surface area contributed by atoms with Gasteiger partial charge in [-0.3, -0.25) is 9.35 Å². The molecule has 0 saturated carbocycles. The summed E-state index contributed by atoms with van der Waals surface area (Å²) in [4.78, 5) is 9.78. The first kappa shape index (κ1) is 9.23. The van der Waals surface area contributed by atoms with Crippen molar-refractivity contribution in [2.75, 3.05) is 5.75 Å². The summed E-state index contributed by atoms with van der Waals surface area (Å²) in [5, 5.41) is 8.02. The van der Waals surface area contributed by atoms with E-state index in [-0.39, 0.29) is 17.4 Å². The van der Waals surface area contributed by atoms with Gasteiger partial charge in [-0.25, -0.2) is 0 Å². The number of aliphatic carboxylic acids is 1. The first-order chi connectivity index (χ1) is 4.16. The number of carboxylic acids is 1. The van der Waals surface area contributed by atoms with Crippen molar-refractivity contribution < 1.29 is 19.0 Å². The van der Waals surface area contributed by atoms with Gasteiger partial charge in [0.1, 0.15) is 5.75 Å². The Labute approximate surface area is 60.5 Å². The van der Waals surface area contributed by atoms with Crippen LogP contribution in [-0.2, 0) is 9.36 Å². The molecule has 0 fully saturated rings. The molecule has 0 aromatic rings. The maximum absolute atomic E-state index is 10.3. The van der Waals surface area contributed by atoms with Crippen LogP contribution in [0.25, 0.3) is 0 Å². The Morgan fingerprint density at radius 1 is 1.67 bits per heavy atom. The largest absolute Gasteiger partial charge is 0.514 e. The third-order valence-corrected chi connectivity index (χ3v) is 4.05. The lowest BCUT2D eigenvalue weighted by molar-refractivity contribution is -0.133. The average molecular weight is 187 g/mol. The smallest absolute Gasteiger partial charge is 0.481 e. The molecule has 52 valence electrons. The fourth-order valence-corrected chi connectivity index (χ4v) is 2.08. The summed E-state index contributed by atoms with van der Waals surface area (Å²) in [6, 6.07) is 0. The number of rotatable bonds is 4. The normalized spacial score (nSPS) is 11.0. The minimum absolute atomic E-state index is 0.176. The first-order valence-electron chi connectivity index (χ1n) is 1.80. The van der Waals surface area contributed by atoms with Crippen molar-refractivity contribution in [1.29, 1.82) is 0 Å². The fraction of sp³-hybridized carbons (Fsp3) is 0.500. The van der Waals surface area contributed by atoms with Gasteiger partial charge in [-0.05, 0) is 4.57 Å². The van der Waals surface area contributed by atoms with Crippen LogP contribution in [-0.4, -0.2) is 21.4 Å². The fourth-order valence-electron chi connectivity index (χ4n) is 0.131. The van der Waals surface area contributed by atoms with Crippen LogP contribution in [0.5, 0.6) is 0 Å². The Bertz CT molecular complexity index is 126. The Morgan fingerprint density at radius 3 is 2.56 bits per heavy atom. The summed E-state index contributed by atoms with van der Waals surface area (Å²) < 4.78 is 18.3. The summed E-state index contributed by atoms with van der Waals surface area (Å²) in [5.74, 6) is -1.26. The van der Waals surface area contributed by atoms with Crippen molar-refractivity contribution in [2.24, 2.45) is 0 Å². The van der Waals surface area contributed by atoms with Crippen molar-refractivity contribution in [1.82, 2.24) is 0 Å². The predicted molar refractivity (Wildman–Crippen MR) is 37.9 cm³/mol. The third kappa shape index (κ3) is 6.11. The molecule has 1 unspecified atom stereocenters. The van der Waals surface area contributed by atoms with Gasteiger partial charge in [0.05, 0.1) is 0 Å². The Hall–Kier alpha value is 0.230. The van der Waals surface area contributed by atoms with Crippen LogP contribution in [0.15, 0.2) is 0 Å². The summed E-state index contributed by atoms with van der Waals surface area (Å²) in [6.07, 6.45) is -1.85. The highest BCUT2D eigenvalue weighted by molar-refractivity contribution is 8.83. The van der Waals surface area contributed by atoms with Gasteiger partial charge >= 0.3 is 23.8 Å². The van der Waals surface area contributed by atoms with E-state index in [9.17, 15) is 9.36 Å². The third-order valence-electron chi connectivity index (χ3n) is 0.360. The maximum atomic E-state index is 10.3. The minimum atomic E-state index is -1.85. The van der Waals surface area contributed by atoms with E-state index in [1.807, 2.05) is 0 Å². The van der Waals surface area contributed by atoms with Crippen molar-refractivity contribution in [2.45, 2.75) is 0 Å². The number of hydrogen-bond acceptors (Lipinski definition) is 5. The van der Waals surface area contributed by atoms with Crippen LogP contribution in [0.2, 0.25) is 0 Å². The molecular formula is C2H4O4PS2+. The molecule has 1 atom stereocenters. The summed E-state index contributed by atoms with van der Waals surface area (Å²) in [6.45, 7) is 0. The van der Waals surface area contributed by atoms with Gasteiger partial charge in [0.15, 0.2) is 11.4 Å². The van der Waals surface area contributed by atoms with Gasteiger partial charge in [0, 0.05) is 0 Å². The molecule has 0 heterocycles. The SMILES string of the molecule is O=C(O)CS[P+](=O)SO. The molecular weight excluding hydrogens is 183 g/mol. The number of carboxylic acid groups (broad SMARTS) is 1. The molecule has 0 aliphatic rings. The Morgan fingerprint density at radius 2 is 2.22 bits per heavy atom. The first-order valence-corrected chi connectivity index (χ1v) is 6.03. The van der Waals surface area contributed by atoms with Gasteiger partial charge in [-0.1, -0.05) is 0 Å². The second-order valence-corrected chi connectivity index (χ2v) is 6.08. The van der Waals surface area contributed by atoms with Gasteiger partial charge in [-0.2, -0.15) is 0 Å². The Kier molecular flexibility index (Phi) is 5.18. The molecule has 0 amide bonds. The van der Waals surface area contributed by atoms with E-state index in [1.165, 1.54) is 0 Å². The average Bonchev–Trinajstić information content (AvgIpc) is 1.83. The Balaban J connectivity index is 3.28. The van der Waals surface area contributed by atoms with E-state index in [2.05, 4.69) is 0 Å². The van der Waals surface area contributed by atoms with E-state index in [0.29, 0.717) is 11.4 Å². The second-order valence-electron chi connectivity index (χ2n) is 0.972. The van der Waals surface area contributed by atoms with Crippen LogP contribution in [0.3, 0.4) is 0 Å². The van der Waals surface area contributed by atoms with Crippen LogP contribution in [0.4, 0.5) is 0 Å². The minimum Gasteiger partial charge on any atom is -0.481 e. The molecule has 7 heteroatoms. The molecule has 0 aromatic heterocycles. The lowest BCUT2D eigenvalue weighted by Crippen LogP contribution is -1.95. The maximum Gasteiger partial charge on any atom is 0.514 e. The van der Waals surface area contributed by atoms with Gasteiger partial charge in [0.2, 0.25) is 0 Å². The van der Waals surface area contributed by atoms with Crippen molar-refractivity contribution in [3.05, 3.63) is 0 Å². The zero-order valence-corrected chi connectivity index (χ0v) is 6.71. The molecule has 0 radical (unpaired) electrons. The van der Waals surface area contributed by atoms with Crippen molar-refractivity contribution in [3.8, 4) is 0 Å². The van der Waals surface area contributed by atoms with Gasteiger partial charge in [0.25, 0.3) is 0 Å². The predicted octanol–water partition coefficient (Wildman–Crippen LogP) is 1.67.